The van der Waals surface area contributed by atoms with Crippen LogP contribution >= 0.6 is 0 Å². The van der Waals surface area contributed by atoms with E-state index in [1.165, 1.54) is 4.31 Å². The van der Waals surface area contributed by atoms with Crippen LogP contribution in [0.4, 0.5) is 14.5 Å². The molecule has 3 rings (SSSR count). The van der Waals surface area contributed by atoms with Gasteiger partial charge in [0.2, 0.25) is 10.0 Å². The van der Waals surface area contributed by atoms with Gasteiger partial charge in [-0.25, -0.2) is 17.2 Å². The van der Waals surface area contributed by atoms with Gasteiger partial charge in [-0.2, -0.15) is 9.40 Å². The van der Waals surface area contributed by atoms with Crippen LogP contribution in [0.25, 0.3) is 0 Å². The maximum absolute atomic E-state index is 13.8. The Labute approximate surface area is 139 Å². The minimum atomic E-state index is -3.98. The second kappa shape index (κ2) is 6.14. The monoisotopic (exact) mass is 356 g/mol. The minimum absolute atomic E-state index is 0.225. The molecule has 0 unspecified atom stereocenters. The summed E-state index contributed by atoms with van der Waals surface area (Å²) in [4.78, 5) is 1.56. The van der Waals surface area contributed by atoms with E-state index in [0.29, 0.717) is 19.2 Å². The van der Waals surface area contributed by atoms with Crippen LogP contribution in [0, 0.1) is 25.5 Å². The second-order valence-electron chi connectivity index (χ2n) is 5.75. The van der Waals surface area contributed by atoms with Gasteiger partial charge < -0.3 is 4.90 Å². The average molecular weight is 356 g/mol. The third-order valence-corrected chi connectivity index (χ3v) is 6.09. The van der Waals surface area contributed by atoms with Crippen LogP contribution in [0.3, 0.4) is 0 Å². The highest BCUT2D eigenvalue weighted by atomic mass is 32.2. The molecule has 0 bridgehead atoms. The quantitative estimate of drug-likeness (QED) is 0.911. The van der Waals surface area contributed by atoms with Gasteiger partial charge >= 0.3 is 0 Å². The van der Waals surface area contributed by atoms with Crippen molar-refractivity contribution in [1.29, 1.82) is 0 Å². The first-order chi connectivity index (χ1) is 11.3. The zero-order valence-electron chi connectivity index (χ0n) is 13.4. The van der Waals surface area contributed by atoms with E-state index in [1.807, 2.05) is 13.8 Å². The van der Waals surface area contributed by atoms with Gasteiger partial charge in [0.15, 0.2) is 0 Å². The number of halogens is 2. The Balaban J connectivity index is 1.79. The van der Waals surface area contributed by atoms with Crippen LogP contribution < -0.4 is 4.90 Å². The van der Waals surface area contributed by atoms with Gasteiger partial charge in [0, 0.05) is 32.2 Å². The van der Waals surface area contributed by atoms with Gasteiger partial charge in [0.1, 0.15) is 16.5 Å². The molecular formula is C15H18F2N4O2S. The molecule has 1 aromatic heterocycles. The number of hydrogen-bond donors (Lipinski definition) is 1. The van der Waals surface area contributed by atoms with E-state index < -0.39 is 26.6 Å². The van der Waals surface area contributed by atoms with Crippen LogP contribution in [-0.2, 0) is 10.0 Å². The minimum Gasteiger partial charge on any atom is -0.366 e. The Kier molecular flexibility index (Phi) is 4.31. The lowest BCUT2D eigenvalue weighted by molar-refractivity contribution is 0.382. The van der Waals surface area contributed by atoms with E-state index in [1.54, 1.807) is 0 Å². The fraction of sp³-hybridized carbons (Fsp3) is 0.400. The molecule has 24 heavy (non-hydrogen) atoms. The van der Waals surface area contributed by atoms with Crippen LogP contribution in [0.2, 0.25) is 0 Å². The Bertz CT molecular complexity index is 839. The van der Waals surface area contributed by atoms with Gasteiger partial charge in [0.25, 0.3) is 0 Å². The van der Waals surface area contributed by atoms with Crippen LogP contribution in [0.15, 0.2) is 23.1 Å². The average Bonchev–Trinajstić information content (AvgIpc) is 2.86. The SMILES string of the molecule is Cc1n[nH]c(C)c1N1CCN(S(=O)(=O)c2ccc(F)cc2F)CC1. The standard InChI is InChI=1S/C15H18F2N4O2S/c1-10-15(11(2)19-18-10)20-5-7-21(8-6-20)24(22,23)14-4-3-12(16)9-13(14)17/h3-4,9H,5-8H2,1-2H3,(H,18,19). The Hall–Kier alpha value is -2.00. The number of rotatable bonds is 3. The number of anilines is 1. The summed E-state index contributed by atoms with van der Waals surface area (Å²) in [5.41, 5.74) is 2.75. The molecule has 1 aliphatic heterocycles. The largest absolute Gasteiger partial charge is 0.366 e. The number of sulfonamides is 1. The maximum atomic E-state index is 13.8. The van der Waals surface area contributed by atoms with Gasteiger partial charge in [-0.15, -0.1) is 0 Å². The Morgan fingerprint density at radius 3 is 2.33 bits per heavy atom. The predicted octanol–water partition coefficient (Wildman–Crippen LogP) is 1.82. The van der Waals surface area contributed by atoms with E-state index in [4.69, 9.17) is 0 Å². The fourth-order valence-corrected chi connectivity index (χ4v) is 4.45. The molecule has 1 aliphatic rings. The van der Waals surface area contributed by atoms with Crippen molar-refractivity contribution in [1.82, 2.24) is 14.5 Å². The maximum Gasteiger partial charge on any atom is 0.246 e. The Morgan fingerprint density at radius 2 is 1.79 bits per heavy atom. The zero-order valence-corrected chi connectivity index (χ0v) is 14.2. The van der Waals surface area contributed by atoms with Crippen LogP contribution in [0.5, 0.6) is 0 Å². The molecule has 0 amide bonds. The number of aromatic amines is 1. The normalized spacial score (nSPS) is 16.6. The smallest absolute Gasteiger partial charge is 0.246 e. The lowest BCUT2D eigenvalue weighted by Crippen LogP contribution is -2.49. The molecule has 0 atom stereocenters. The van der Waals surface area contributed by atoms with Crippen molar-refractivity contribution in [2.24, 2.45) is 0 Å². The molecule has 0 aliphatic carbocycles. The fourth-order valence-electron chi connectivity index (χ4n) is 2.99. The first kappa shape index (κ1) is 16.8. The number of aromatic nitrogens is 2. The van der Waals surface area contributed by atoms with E-state index in [9.17, 15) is 17.2 Å². The topological polar surface area (TPSA) is 69.3 Å². The molecule has 0 radical (unpaired) electrons. The van der Waals surface area contributed by atoms with Crippen molar-refractivity contribution < 1.29 is 17.2 Å². The molecule has 0 saturated carbocycles. The molecule has 130 valence electrons. The number of nitrogens with one attached hydrogen (secondary N) is 1. The highest BCUT2D eigenvalue weighted by Crippen LogP contribution is 2.26. The third-order valence-electron chi connectivity index (χ3n) is 4.16. The number of nitrogens with zero attached hydrogens (tertiary/aromatic N) is 3. The molecule has 1 saturated heterocycles. The van der Waals surface area contributed by atoms with Gasteiger partial charge in [-0.05, 0) is 26.0 Å². The number of piperazine rings is 1. The third kappa shape index (κ3) is 2.89. The number of benzene rings is 1. The highest BCUT2D eigenvalue weighted by molar-refractivity contribution is 7.89. The molecule has 1 aromatic carbocycles. The predicted molar refractivity (Wildman–Crippen MR) is 85.4 cm³/mol. The summed E-state index contributed by atoms with van der Waals surface area (Å²) in [5, 5.41) is 7.05. The van der Waals surface area contributed by atoms with Crippen molar-refractivity contribution in [3.05, 3.63) is 41.2 Å². The van der Waals surface area contributed by atoms with Crippen molar-refractivity contribution in [3.63, 3.8) is 0 Å². The van der Waals surface area contributed by atoms with Crippen molar-refractivity contribution in [2.45, 2.75) is 18.7 Å². The molecular weight excluding hydrogens is 338 g/mol. The van der Waals surface area contributed by atoms with Crippen molar-refractivity contribution in [3.8, 4) is 0 Å². The molecule has 2 aromatic rings. The summed E-state index contributed by atoms with van der Waals surface area (Å²) in [6.45, 7) is 5.20. The molecule has 1 fully saturated rings. The van der Waals surface area contributed by atoms with E-state index in [-0.39, 0.29) is 13.1 Å². The Morgan fingerprint density at radius 1 is 1.12 bits per heavy atom. The molecule has 2 heterocycles. The number of aryl methyl sites for hydroxylation is 2. The van der Waals surface area contributed by atoms with E-state index >= 15 is 0 Å². The summed E-state index contributed by atoms with van der Waals surface area (Å²) in [5.74, 6) is -1.87. The molecule has 6 nitrogen and oxygen atoms in total. The van der Waals surface area contributed by atoms with Gasteiger partial charge in [0.05, 0.1) is 17.1 Å². The lowest BCUT2D eigenvalue weighted by atomic mass is 10.2. The van der Waals surface area contributed by atoms with Crippen LogP contribution in [0.1, 0.15) is 11.4 Å². The van der Waals surface area contributed by atoms with E-state index in [0.717, 1.165) is 29.2 Å². The summed E-state index contributed by atoms with van der Waals surface area (Å²) in [6.07, 6.45) is 0. The summed E-state index contributed by atoms with van der Waals surface area (Å²) in [7, 11) is -3.98. The van der Waals surface area contributed by atoms with Crippen molar-refractivity contribution >= 4 is 15.7 Å². The molecule has 9 heteroatoms. The number of H-pyrrole nitrogens is 1. The van der Waals surface area contributed by atoms with Crippen molar-refractivity contribution in [2.75, 3.05) is 31.1 Å². The van der Waals surface area contributed by atoms with E-state index in [2.05, 4.69) is 15.1 Å². The molecule has 1 N–H and O–H groups in total. The first-order valence-corrected chi connectivity index (χ1v) is 8.96. The highest BCUT2D eigenvalue weighted by Gasteiger charge is 2.31. The zero-order chi connectivity index (χ0) is 17.5. The second-order valence-corrected chi connectivity index (χ2v) is 7.65. The van der Waals surface area contributed by atoms with Crippen LogP contribution in [-0.4, -0.2) is 49.1 Å². The van der Waals surface area contributed by atoms with Gasteiger partial charge in [-0.1, -0.05) is 0 Å². The lowest BCUT2D eigenvalue weighted by Gasteiger charge is -2.35. The summed E-state index contributed by atoms with van der Waals surface area (Å²) in [6, 6.07) is 2.50. The first-order valence-electron chi connectivity index (χ1n) is 7.52. The molecule has 0 spiro atoms. The summed E-state index contributed by atoms with van der Waals surface area (Å²) >= 11 is 0. The summed E-state index contributed by atoms with van der Waals surface area (Å²) < 4.78 is 53.2. The number of hydrogen-bond acceptors (Lipinski definition) is 4. The van der Waals surface area contributed by atoms with Gasteiger partial charge in [-0.3, -0.25) is 5.10 Å².